The molecular formula is C17H15NO3. The lowest BCUT2D eigenvalue weighted by atomic mass is 10.1. The molecule has 0 aliphatic heterocycles. The molecule has 0 fully saturated rings. The lowest BCUT2D eigenvalue weighted by Gasteiger charge is -2.10. The third-order valence-electron chi connectivity index (χ3n) is 3.25. The van der Waals surface area contributed by atoms with Crippen molar-refractivity contribution >= 4 is 10.9 Å². The van der Waals surface area contributed by atoms with Crippen molar-refractivity contribution in [3.8, 4) is 11.6 Å². The maximum atomic E-state index is 9.49. The average Bonchev–Trinajstić information content (AvgIpc) is 2.55. The highest BCUT2D eigenvalue weighted by molar-refractivity contribution is 5.80. The van der Waals surface area contributed by atoms with E-state index in [1.807, 2.05) is 30.3 Å². The molecule has 3 rings (SSSR count). The van der Waals surface area contributed by atoms with Gasteiger partial charge >= 0.3 is 0 Å². The van der Waals surface area contributed by atoms with E-state index in [2.05, 4.69) is 4.98 Å². The van der Waals surface area contributed by atoms with E-state index in [1.165, 1.54) is 0 Å². The first-order valence-corrected chi connectivity index (χ1v) is 6.67. The number of para-hydroxylation sites is 1. The van der Waals surface area contributed by atoms with Crippen LogP contribution >= 0.6 is 0 Å². The summed E-state index contributed by atoms with van der Waals surface area (Å²) in [6.07, 6.45) is 0. The molecule has 21 heavy (non-hydrogen) atoms. The fourth-order valence-electron chi connectivity index (χ4n) is 2.12. The molecule has 2 N–H and O–H groups in total. The summed E-state index contributed by atoms with van der Waals surface area (Å²) < 4.78 is 5.76. The zero-order chi connectivity index (χ0) is 14.7. The van der Waals surface area contributed by atoms with Gasteiger partial charge in [0.2, 0.25) is 5.88 Å². The second kappa shape index (κ2) is 5.91. The summed E-state index contributed by atoms with van der Waals surface area (Å²) in [5, 5.41) is 19.5. The fourth-order valence-corrected chi connectivity index (χ4v) is 2.12. The second-order valence-electron chi connectivity index (χ2n) is 4.71. The Morgan fingerprint density at radius 1 is 0.905 bits per heavy atom. The van der Waals surface area contributed by atoms with Crippen LogP contribution in [0.4, 0.5) is 0 Å². The van der Waals surface area contributed by atoms with Crippen molar-refractivity contribution in [2.75, 3.05) is 0 Å². The van der Waals surface area contributed by atoms with E-state index in [0.717, 1.165) is 16.5 Å². The van der Waals surface area contributed by atoms with Gasteiger partial charge in [-0.25, -0.2) is 4.98 Å². The number of nitrogens with zero attached hydrogens (tertiary/aromatic N) is 1. The van der Waals surface area contributed by atoms with Gasteiger partial charge in [0, 0.05) is 10.9 Å². The van der Waals surface area contributed by atoms with Gasteiger partial charge in [-0.2, -0.15) is 0 Å². The van der Waals surface area contributed by atoms with E-state index in [4.69, 9.17) is 9.84 Å². The maximum Gasteiger partial charge on any atom is 0.225 e. The molecule has 1 aromatic heterocycles. The van der Waals surface area contributed by atoms with Crippen LogP contribution in [0, 0.1) is 0 Å². The Balaban J connectivity index is 1.97. The summed E-state index contributed by atoms with van der Waals surface area (Å²) in [4.78, 5) is 4.45. The van der Waals surface area contributed by atoms with Gasteiger partial charge in [-0.05, 0) is 29.8 Å². The van der Waals surface area contributed by atoms with Crippen LogP contribution < -0.4 is 4.74 Å². The van der Waals surface area contributed by atoms with Gasteiger partial charge in [0.25, 0.3) is 0 Å². The second-order valence-corrected chi connectivity index (χ2v) is 4.71. The van der Waals surface area contributed by atoms with Crippen LogP contribution in [0.1, 0.15) is 11.1 Å². The number of pyridine rings is 1. The van der Waals surface area contributed by atoms with E-state index in [-0.39, 0.29) is 13.2 Å². The molecule has 0 saturated heterocycles. The van der Waals surface area contributed by atoms with Crippen molar-refractivity contribution in [1.29, 1.82) is 0 Å². The van der Waals surface area contributed by atoms with Crippen LogP contribution in [-0.2, 0) is 13.2 Å². The zero-order valence-corrected chi connectivity index (χ0v) is 11.4. The highest BCUT2D eigenvalue weighted by Crippen LogP contribution is 2.27. The van der Waals surface area contributed by atoms with Gasteiger partial charge < -0.3 is 14.9 Å². The molecule has 3 aromatic rings. The largest absolute Gasteiger partial charge is 0.439 e. The number of benzene rings is 2. The molecule has 1 heterocycles. The number of hydrogen-bond acceptors (Lipinski definition) is 4. The Kier molecular flexibility index (Phi) is 3.81. The molecule has 0 spiro atoms. The van der Waals surface area contributed by atoms with Crippen molar-refractivity contribution in [1.82, 2.24) is 4.98 Å². The quantitative estimate of drug-likeness (QED) is 0.771. The molecule has 0 bridgehead atoms. The summed E-state index contributed by atoms with van der Waals surface area (Å²) in [6, 6.07) is 16.7. The molecule has 0 aliphatic rings. The van der Waals surface area contributed by atoms with Crippen LogP contribution in [0.15, 0.2) is 54.6 Å². The van der Waals surface area contributed by atoms with Crippen molar-refractivity contribution < 1.29 is 14.9 Å². The lowest BCUT2D eigenvalue weighted by molar-refractivity contribution is 0.275. The minimum Gasteiger partial charge on any atom is -0.439 e. The fraction of sp³-hybridized carbons (Fsp3) is 0.118. The van der Waals surface area contributed by atoms with E-state index in [1.54, 1.807) is 24.3 Å². The summed E-state index contributed by atoms with van der Waals surface area (Å²) in [7, 11) is 0. The van der Waals surface area contributed by atoms with Crippen LogP contribution in [0.2, 0.25) is 0 Å². The number of aliphatic hydroxyl groups is 2. The van der Waals surface area contributed by atoms with E-state index < -0.39 is 0 Å². The molecule has 0 aliphatic carbocycles. The molecule has 0 atom stereocenters. The molecule has 0 amide bonds. The van der Waals surface area contributed by atoms with Crippen LogP contribution in [0.25, 0.3) is 10.9 Å². The molecule has 4 nitrogen and oxygen atoms in total. The van der Waals surface area contributed by atoms with Crippen molar-refractivity contribution in [2.24, 2.45) is 0 Å². The first-order valence-electron chi connectivity index (χ1n) is 6.67. The lowest BCUT2D eigenvalue weighted by Crippen LogP contribution is -1.96. The molecule has 0 radical (unpaired) electrons. The van der Waals surface area contributed by atoms with Crippen LogP contribution in [0.5, 0.6) is 11.6 Å². The third-order valence-corrected chi connectivity index (χ3v) is 3.25. The van der Waals surface area contributed by atoms with Crippen LogP contribution in [-0.4, -0.2) is 15.2 Å². The Morgan fingerprint density at radius 2 is 1.67 bits per heavy atom. The third kappa shape index (κ3) is 2.86. The van der Waals surface area contributed by atoms with Gasteiger partial charge in [-0.1, -0.05) is 30.3 Å². The summed E-state index contributed by atoms with van der Waals surface area (Å²) in [5.74, 6) is 1.01. The Morgan fingerprint density at radius 3 is 2.38 bits per heavy atom. The van der Waals surface area contributed by atoms with Crippen molar-refractivity contribution in [3.63, 3.8) is 0 Å². The van der Waals surface area contributed by atoms with Crippen molar-refractivity contribution in [3.05, 3.63) is 65.7 Å². The Labute approximate surface area is 122 Å². The van der Waals surface area contributed by atoms with E-state index >= 15 is 0 Å². The summed E-state index contributed by atoms with van der Waals surface area (Å²) in [6.45, 7) is -0.141. The smallest absolute Gasteiger partial charge is 0.225 e. The standard InChI is InChI=1S/C17H15NO3/c19-10-12-5-7-15(8-6-12)21-17-14(11-20)9-13-3-1-2-4-16(13)18-17/h1-9,19-20H,10-11H2. The minimum atomic E-state index is -0.137. The van der Waals surface area contributed by atoms with Gasteiger partial charge in [-0.15, -0.1) is 0 Å². The molecule has 0 unspecified atom stereocenters. The normalized spacial score (nSPS) is 10.8. The number of aliphatic hydroxyl groups excluding tert-OH is 2. The maximum absolute atomic E-state index is 9.49. The number of aromatic nitrogens is 1. The van der Waals surface area contributed by atoms with Gasteiger partial charge in [0.05, 0.1) is 18.7 Å². The Bertz CT molecular complexity index is 754. The Hall–Kier alpha value is -2.43. The van der Waals surface area contributed by atoms with Crippen LogP contribution in [0.3, 0.4) is 0 Å². The summed E-state index contributed by atoms with van der Waals surface area (Å²) >= 11 is 0. The van der Waals surface area contributed by atoms with E-state index in [0.29, 0.717) is 17.2 Å². The predicted octanol–water partition coefficient (Wildman–Crippen LogP) is 3.01. The van der Waals surface area contributed by atoms with Gasteiger partial charge in [0.1, 0.15) is 5.75 Å². The predicted molar refractivity (Wildman–Crippen MR) is 80.1 cm³/mol. The minimum absolute atomic E-state index is 0.00358. The zero-order valence-electron chi connectivity index (χ0n) is 11.4. The summed E-state index contributed by atoms with van der Waals surface area (Å²) in [5.41, 5.74) is 2.27. The van der Waals surface area contributed by atoms with Gasteiger partial charge in [0.15, 0.2) is 0 Å². The monoisotopic (exact) mass is 281 g/mol. The molecular weight excluding hydrogens is 266 g/mol. The highest BCUT2D eigenvalue weighted by Gasteiger charge is 2.08. The first kappa shape index (κ1) is 13.5. The van der Waals surface area contributed by atoms with Crippen molar-refractivity contribution in [2.45, 2.75) is 13.2 Å². The number of fused-ring (bicyclic) bond motifs is 1. The first-order chi connectivity index (χ1) is 10.3. The average molecular weight is 281 g/mol. The SMILES string of the molecule is OCc1ccc(Oc2nc3ccccc3cc2CO)cc1. The molecule has 0 saturated carbocycles. The number of hydrogen-bond donors (Lipinski definition) is 2. The topological polar surface area (TPSA) is 62.6 Å². The number of rotatable bonds is 4. The number of ether oxygens (including phenoxy) is 1. The molecule has 2 aromatic carbocycles. The van der Waals surface area contributed by atoms with Gasteiger partial charge in [-0.3, -0.25) is 0 Å². The molecule has 106 valence electrons. The highest BCUT2D eigenvalue weighted by atomic mass is 16.5. The molecule has 4 heteroatoms. The van der Waals surface area contributed by atoms with E-state index in [9.17, 15) is 5.11 Å².